The lowest BCUT2D eigenvalue weighted by Gasteiger charge is -1.89. The van der Waals surface area contributed by atoms with Crippen molar-refractivity contribution in [2.24, 2.45) is 0 Å². The van der Waals surface area contributed by atoms with Crippen LogP contribution in [0, 0.1) is 0 Å². The molecule has 0 unspecified atom stereocenters. The molecule has 4 heteroatoms. The highest BCUT2D eigenvalue weighted by atomic mass is 35.5. The molecule has 11 heavy (non-hydrogen) atoms. The summed E-state index contributed by atoms with van der Waals surface area (Å²) in [6, 6.07) is 3.80. The van der Waals surface area contributed by atoms with Crippen molar-refractivity contribution in [3.05, 3.63) is 30.9 Å². The Morgan fingerprint density at radius 1 is 1.18 bits per heavy atom. The number of fused-ring (bicyclic) bond motifs is 1. The van der Waals surface area contributed by atoms with Crippen molar-refractivity contribution < 1.29 is 0 Å². The van der Waals surface area contributed by atoms with E-state index in [1.165, 1.54) is 6.33 Å². The van der Waals surface area contributed by atoms with Crippen LogP contribution in [0.4, 0.5) is 0 Å². The first-order valence-corrected chi connectivity index (χ1v) is 2.97. The fraction of sp³-hybridized carbons (Fsp3) is 0. The van der Waals surface area contributed by atoms with Gasteiger partial charge >= 0.3 is 0 Å². The highest BCUT2D eigenvalue weighted by Gasteiger charge is 1.89. The average molecular weight is 168 g/mol. The van der Waals surface area contributed by atoms with Gasteiger partial charge in [0.25, 0.3) is 0 Å². The van der Waals surface area contributed by atoms with Crippen molar-refractivity contribution in [3.63, 3.8) is 0 Å². The standard InChI is InChI=1S/C7H5N3.ClH/c1-2-6-4-8-5-10-7(6)9-3-1;/h1-5H;1H. The van der Waals surface area contributed by atoms with Crippen LogP contribution in [0.2, 0.25) is 0 Å². The molecular weight excluding hydrogens is 162 g/mol. The van der Waals surface area contributed by atoms with Crippen molar-refractivity contribution in [3.8, 4) is 0 Å². The van der Waals surface area contributed by atoms with Gasteiger partial charge in [-0.3, -0.25) is 0 Å². The Morgan fingerprint density at radius 3 is 2.91 bits per heavy atom. The largest absolute Gasteiger partial charge is 0.244 e. The molecule has 2 aromatic heterocycles. The molecule has 3 nitrogen and oxygen atoms in total. The third-order valence-electron chi connectivity index (χ3n) is 1.28. The molecule has 0 N–H and O–H groups in total. The van der Waals surface area contributed by atoms with Crippen molar-refractivity contribution in [1.82, 2.24) is 15.0 Å². The van der Waals surface area contributed by atoms with E-state index in [-0.39, 0.29) is 12.4 Å². The van der Waals surface area contributed by atoms with Gasteiger partial charge in [0.05, 0.1) is 0 Å². The van der Waals surface area contributed by atoms with Gasteiger partial charge in [-0.1, -0.05) is 0 Å². The van der Waals surface area contributed by atoms with Gasteiger partial charge in [-0.2, -0.15) is 0 Å². The van der Waals surface area contributed by atoms with Gasteiger partial charge in [0.15, 0.2) is 5.65 Å². The molecule has 0 spiro atoms. The Balaban J connectivity index is 0.000000605. The highest BCUT2D eigenvalue weighted by Crippen LogP contribution is 2.02. The molecular formula is C7H6ClN3. The van der Waals surface area contributed by atoms with Crippen LogP contribution in [0.1, 0.15) is 0 Å². The average Bonchev–Trinajstić information content (AvgIpc) is 2.05. The van der Waals surface area contributed by atoms with Gasteiger partial charge < -0.3 is 0 Å². The third-order valence-corrected chi connectivity index (χ3v) is 1.28. The quantitative estimate of drug-likeness (QED) is 0.596. The topological polar surface area (TPSA) is 38.7 Å². The summed E-state index contributed by atoms with van der Waals surface area (Å²) in [5.41, 5.74) is 0.748. The highest BCUT2D eigenvalue weighted by molar-refractivity contribution is 5.85. The van der Waals surface area contributed by atoms with Crippen LogP contribution in [0.25, 0.3) is 11.0 Å². The lowest BCUT2D eigenvalue weighted by atomic mass is 10.3. The Morgan fingerprint density at radius 2 is 2.09 bits per heavy atom. The van der Waals surface area contributed by atoms with Crippen molar-refractivity contribution in [1.29, 1.82) is 0 Å². The van der Waals surface area contributed by atoms with Gasteiger partial charge in [0, 0.05) is 17.8 Å². The Labute approximate surface area is 69.9 Å². The van der Waals surface area contributed by atoms with E-state index in [0.717, 1.165) is 11.0 Å². The molecule has 0 saturated carbocycles. The normalized spacial score (nSPS) is 9.09. The van der Waals surface area contributed by atoms with Crippen LogP contribution in [0.5, 0.6) is 0 Å². The summed E-state index contributed by atoms with van der Waals surface area (Å²) < 4.78 is 0. The number of hydrogen-bond acceptors (Lipinski definition) is 3. The molecule has 0 fully saturated rings. The summed E-state index contributed by atoms with van der Waals surface area (Å²) >= 11 is 0. The second kappa shape index (κ2) is 3.25. The van der Waals surface area contributed by atoms with E-state index in [1.807, 2.05) is 12.1 Å². The molecule has 0 aliphatic heterocycles. The SMILES string of the molecule is Cl.c1cnc2ncncc2c1. The molecule has 56 valence electrons. The molecule has 2 heterocycles. The van der Waals surface area contributed by atoms with Crippen LogP contribution in [0.15, 0.2) is 30.9 Å². The second-order valence-electron chi connectivity index (χ2n) is 1.94. The Hall–Kier alpha value is -1.22. The first-order valence-electron chi connectivity index (χ1n) is 2.97. The molecule has 2 aromatic rings. The van der Waals surface area contributed by atoms with E-state index in [1.54, 1.807) is 12.4 Å². The molecule has 0 aliphatic rings. The first kappa shape index (κ1) is 7.88. The Kier molecular flexibility index (Phi) is 2.33. The maximum atomic E-state index is 4.03. The fourth-order valence-electron chi connectivity index (χ4n) is 0.820. The minimum absolute atomic E-state index is 0. The zero-order chi connectivity index (χ0) is 6.81. The third kappa shape index (κ3) is 1.43. The van der Waals surface area contributed by atoms with Crippen LogP contribution in [-0.4, -0.2) is 15.0 Å². The lowest BCUT2D eigenvalue weighted by molar-refractivity contribution is 1.18. The lowest BCUT2D eigenvalue weighted by Crippen LogP contribution is -1.82. The maximum absolute atomic E-state index is 4.03. The smallest absolute Gasteiger partial charge is 0.162 e. The van der Waals surface area contributed by atoms with Crippen molar-refractivity contribution in [2.45, 2.75) is 0 Å². The summed E-state index contributed by atoms with van der Waals surface area (Å²) in [6.45, 7) is 0. The number of hydrogen-bond donors (Lipinski definition) is 0. The number of pyridine rings is 1. The van der Waals surface area contributed by atoms with Crippen molar-refractivity contribution in [2.75, 3.05) is 0 Å². The van der Waals surface area contributed by atoms with Crippen LogP contribution in [0.3, 0.4) is 0 Å². The van der Waals surface area contributed by atoms with E-state index in [2.05, 4.69) is 15.0 Å². The predicted octanol–water partition coefficient (Wildman–Crippen LogP) is 1.45. The van der Waals surface area contributed by atoms with E-state index < -0.39 is 0 Å². The summed E-state index contributed by atoms with van der Waals surface area (Å²) in [4.78, 5) is 11.9. The molecule has 0 aliphatic carbocycles. The Bertz CT molecular complexity index is 285. The van der Waals surface area contributed by atoms with Crippen LogP contribution in [-0.2, 0) is 0 Å². The predicted molar refractivity (Wildman–Crippen MR) is 44.6 cm³/mol. The molecule has 0 radical (unpaired) electrons. The van der Waals surface area contributed by atoms with Gasteiger partial charge in [-0.25, -0.2) is 15.0 Å². The van der Waals surface area contributed by atoms with E-state index in [9.17, 15) is 0 Å². The van der Waals surface area contributed by atoms with Gasteiger partial charge in [-0.15, -0.1) is 12.4 Å². The summed E-state index contributed by atoms with van der Waals surface area (Å²) in [6.07, 6.45) is 4.96. The minimum atomic E-state index is 0. The van der Waals surface area contributed by atoms with Gasteiger partial charge in [-0.05, 0) is 12.1 Å². The minimum Gasteiger partial charge on any atom is -0.244 e. The zero-order valence-corrected chi connectivity index (χ0v) is 6.45. The molecule has 0 aromatic carbocycles. The van der Waals surface area contributed by atoms with E-state index in [4.69, 9.17) is 0 Å². The van der Waals surface area contributed by atoms with E-state index >= 15 is 0 Å². The maximum Gasteiger partial charge on any atom is 0.162 e. The summed E-state index contributed by atoms with van der Waals surface area (Å²) in [5.74, 6) is 0. The van der Waals surface area contributed by atoms with Crippen LogP contribution >= 0.6 is 12.4 Å². The second-order valence-corrected chi connectivity index (χ2v) is 1.94. The molecule has 0 bridgehead atoms. The number of nitrogens with zero attached hydrogens (tertiary/aromatic N) is 3. The molecule has 0 amide bonds. The summed E-state index contributed by atoms with van der Waals surface area (Å²) in [5, 5.41) is 0.977. The number of aromatic nitrogens is 3. The molecule has 2 rings (SSSR count). The van der Waals surface area contributed by atoms with Crippen LogP contribution < -0.4 is 0 Å². The van der Waals surface area contributed by atoms with Gasteiger partial charge in [0.1, 0.15) is 6.33 Å². The summed E-state index contributed by atoms with van der Waals surface area (Å²) in [7, 11) is 0. The zero-order valence-electron chi connectivity index (χ0n) is 5.64. The monoisotopic (exact) mass is 167 g/mol. The number of rotatable bonds is 0. The van der Waals surface area contributed by atoms with Gasteiger partial charge in [0.2, 0.25) is 0 Å². The molecule has 0 atom stereocenters. The number of halogens is 1. The fourth-order valence-corrected chi connectivity index (χ4v) is 0.820. The van der Waals surface area contributed by atoms with E-state index in [0.29, 0.717) is 0 Å². The van der Waals surface area contributed by atoms with Crippen molar-refractivity contribution >= 4 is 23.4 Å². The first-order chi connectivity index (χ1) is 4.97. The molecule has 0 saturated heterocycles.